The molecule has 1 heterocycles. The van der Waals surface area contributed by atoms with E-state index in [1.54, 1.807) is 6.07 Å². The van der Waals surface area contributed by atoms with Gasteiger partial charge in [-0.3, -0.25) is 0 Å². The molecule has 2 aromatic rings. The largest absolute Gasteiger partial charge is 0.508 e. The van der Waals surface area contributed by atoms with E-state index in [9.17, 15) is 5.11 Å². The minimum atomic E-state index is 0.331. The number of aromatic hydroxyl groups is 1. The normalized spacial score (nSPS) is 19.7. The SMILES string of the molecule is CN1CCC(CN(C)Cc2ccc3cc(O)ccc3c2)C1. The lowest BCUT2D eigenvalue weighted by atomic mass is 10.1. The lowest BCUT2D eigenvalue weighted by Gasteiger charge is -2.21. The first kappa shape index (κ1) is 14.4. The number of hydrogen-bond acceptors (Lipinski definition) is 3. The summed E-state index contributed by atoms with van der Waals surface area (Å²) in [5.74, 6) is 1.13. The second-order valence-electron chi connectivity index (χ2n) is 6.48. The van der Waals surface area contributed by atoms with E-state index in [4.69, 9.17) is 0 Å². The summed E-state index contributed by atoms with van der Waals surface area (Å²) < 4.78 is 0. The highest BCUT2D eigenvalue weighted by Gasteiger charge is 2.20. The topological polar surface area (TPSA) is 26.7 Å². The van der Waals surface area contributed by atoms with Gasteiger partial charge in [0.05, 0.1) is 0 Å². The molecule has 1 unspecified atom stereocenters. The van der Waals surface area contributed by atoms with Gasteiger partial charge in [0, 0.05) is 19.6 Å². The standard InChI is InChI=1S/C18H24N2O/c1-19-8-7-15(12-19)13-20(2)11-14-3-4-17-10-18(21)6-5-16(17)9-14/h3-6,9-10,15,21H,7-8,11-13H2,1-2H3. The Balaban J connectivity index is 1.65. The average molecular weight is 284 g/mol. The molecule has 1 aliphatic heterocycles. The fraction of sp³-hybridized carbons (Fsp3) is 0.444. The van der Waals surface area contributed by atoms with Crippen LogP contribution in [0.25, 0.3) is 10.8 Å². The van der Waals surface area contributed by atoms with Crippen LogP contribution in [0.2, 0.25) is 0 Å². The van der Waals surface area contributed by atoms with Crippen molar-refractivity contribution < 1.29 is 5.11 Å². The summed E-state index contributed by atoms with van der Waals surface area (Å²) in [5, 5.41) is 11.8. The second-order valence-corrected chi connectivity index (χ2v) is 6.48. The Morgan fingerprint density at radius 1 is 1.19 bits per heavy atom. The van der Waals surface area contributed by atoms with Gasteiger partial charge in [-0.1, -0.05) is 18.2 Å². The number of benzene rings is 2. The molecule has 3 heteroatoms. The van der Waals surface area contributed by atoms with Crippen LogP contribution in [-0.2, 0) is 6.54 Å². The molecule has 1 atom stereocenters. The van der Waals surface area contributed by atoms with E-state index in [2.05, 4.69) is 42.1 Å². The molecule has 0 aliphatic carbocycles. The molecule has 0 spiro atoms. The van der Waals surface area contributed by atoms with Gasteiger partial charge in [0.15, 0.2) is 0 Å². The molecule has 1 aliphatic rings. The third-order valence-electron chi connectivity index (χ3n) is 4.40. The average Bonchev–Trinajstić information content (AvgIpc) is 2.84. The van der Waals surface area contributed by atoms with Crippen LogP contribution < -0.4 is 0 Å². The zero-order valence-corrected chi connectivity index (χ0v) is 12.9. The molecule has 21 heavy (non-hydrogen) atoms. The van der Waals surface area contributed by atoms with Crippen LogP contribution >= 0.6 is 0 Å². The molecular weight excluding hydrogens is 260 g/mol. The molecule has 112 valence electrons. The molecule has 0 aromatic heterocycles. The minimum absolute atomic E-state index is 0.331. The van der Waals surface area contributed by atoms with Gasteiger partial charge in [-0.15, -0.1) is 0 Å². The van der Waals surface area contributed by atoms with Gasteiger partial charge in [-0.25, -0.2) is 0 Å². The zero-order valence-electron chi connectivity index (χ0n) is 12.9. The second kappa shape index (κ2) is 6.04. The van der Waals surface area contributed by atoms with Crippen molar-refractivity contribution in [3.8, 4) is 5.75 Å². The minimum Gasteiger partial charge on any atom is -0.508 e. The fourth-order valence-corrected chi connectivity index (χ4v) is 3.37. The molecule has 0 radical (unpaired) electrons. The molecular formula is C18H24N2O. The van der Waals surface area contributed by atoms with Gasteiger partial charge in [-0.2, -0.15) is 0 Å². The van der Waals surface area contributed by atoms with Crippen molar-refractivity contribution in [2.75, 3.05) is 33.7 Å². The summed E-state index contributed by atoms with van der Waals surface area (Å²) in [6.07, 6.45) is 1.32. The summed E-state index contributed by atoms with van der Waals surface area (Å²) >= 11 is 0. The van der Waals surface area contributed by atoms with Gasteiger partial charge in [0.2, 0.25) is 0 Å². The maximum absolute atomic E-state index is 9.51. The number of phenolic OH excluding ortho intramolecular Hbond substituents is 1. The Morgan fingerprint density at radius 2 is 1.95 bits per heavy atom. The van der Waals surface area contributed by atoms with Gasteiger partial charge in [0.25, 0.3) is 0 Å². The molecule has 0 amide bonds. The van der Waals surface area contributed by atoms with Crippen LogP contribution in [0.4, 0.5) is 0 Å². The molecule has 1 saturated heterocycles. The van der Waals surface area contributed by atoms with Crippen molar-refractivity contribution >= 4 is 10.8 Å². The van der Waals surface area contributed by atoms with E-state index < -0.39 is 0 Å². The van der Waals surface area contributed by atoms with Crippen molar-refractivity contribution in [1.82, 2.24) is 9.80 Å². The molecule has 3 rings (SSSR count). The lowest BCUT2D eigenvalue weighted by Crippen LogP contribution is -2.27. The van der Waals surface area contributed by atoms with Crippen molar-refractivity contribution in [2.24, 2.45) is 5.92 Å². The zero-order chi connectivity index (χ0) is 14.8. The smallest absolute Gasteiger partial charge is 0.116 e. The number of phenols is 1. The Morgan fingerprint density at radius 3 is 2.71 bits per heavy atom. The summed E-state index contributed by atoms with van der Waals surface area (Å²) in [4.78, 5) is 4.84. The predicted molar refractivity (Wildman–Crippen MR) is 87.6 cm³/mol. The highest BCUT2D eigenvalue weighted by Crippen LogP contribution is 2.22. The Hall–Kier alpha value is -1.58. The van der Waals surface area contributed by atoms with E-state index in [1.807, 2.05) is 12.1 Å². The third kappa shape index (κ3) is 3.55. The quantitative estimate of drug-likeness (QED) is 0.935. The predicted octanol–water partition coefficient (Wildman–Crippen LogP) is 2.93. The van der Waals surface area contributed by atoms with Crippen molar-refractivity contribution in [1.29, 1.82) is 0 Å². The van der Waals surface area contributed by atoms with E-state index in [-0.39, 0.29) is 0 Å². The summed E-state index contributed by atoms with van der Waals surface area (Å²) in [7, 11) is 4.41. The number of fused-ring (bicyclic) bond motifs is 1. The summed E-state index contributed by atoms with van der Waals surface area (Å²) in [6, 6.07) is 12.0. The van der Waals surface area contributed by atoms with Gasteiger partial charge in [0.1, 0.15) is 5.75 Å². The summed E-state index contributed by atoms with van der Waals surface area (Å²) in [6.45, 7) is 4.61. The molecule has 0 bridgehead atoms. The Kier molecular flexibility index (Phi) is 4.13. The van der Waals surface area contributed by atoms with E-state index in [0.29, 0.717) is 5.75 Å². The van der Waals surface area contributed by atoms with Gasteiger partial charge >= 0.3 is 0 Å². The molecule has 1 fully saturated rings. The third-order valence-corrected chi connectivity index (χ3v) is 4.40. The van der Waals surface area contributed by atoms with E-state index in [0.717, 1.165) is 24.4 Å². The maximum Gasteiger partial charge on any atom is 0.116 e. The maximum atomic E-state index is 9.51. The summed E-state index contributed by atoms with van der Waals surface area (Å²) in [5.41, 5.74) is 1.34. The lowest BCUT2D eigenvalue weighted by molar-refractivity contribution is 0.267. The highest BCUT2D eigenvalue weighted by molar-refractivity contribution is 5.84. The van der Waals surface area contributed by atoms with Crippen molar-refractivity contribution in [3.63, 3.8) is 0 Å². The first-order chi connectivity index (χ1) is 10.1. The number of rotatable bonds is 4. The molecule has 1 N–H and O–H groups in total. The number of hydrogen-bond donors (Lipinski definition) is 1. The van der Waals surface area contributed by atoms with Crippen molar-refractivity contribution in [2.45, 2.75) is 13.0 Å². The Bertz CT molecular complexity index is 626. The van der Waals surface area contributed by atoms with Gasteiger partial charge in [-0.05, 0) is 67.5 Å². The monoisotopic (exact) mass is 284 g/mol. The Labute approximate surface area is 126 Å². The number of likely N-dealkylation sites (tertiary alicyclic amines) is 1. The number of nitrogens with zero attached hydrogens (tertiary/aromatic N) is 2. The van der Waals surface area contributed by atoms with Crippen LogP contribution in [0.15, 0.2) is 36.4 Å². The highest BCUT2D eigenvalue weighted by atomic mass is 16.3. The van der Waals surface area contributed by atoms with E-state index in [1.165, 1.54) is 30.5 Å². The van der Waals surface area contributed by atoms with Crippen LogP contribution in [0.5, 0.6) is 5.75 Å². The molecule has 2 aromatic carbocycles. The molecule has 3 nitrogen and oxygen atoms in total. The van der Waals surface area contributed by atoms with Crippen molar-refractivity contribution in [3.05, 3.63) is 42.0 Å². The van der Waals surface area contributed by atoms with Gasteiger partial charge < -0.3 is 14.9 Å². The van der Waals surface area contributed by atoms with Crippen LogP contribution in [0.1, 0.15) is 12.0 Å². The molecule has 0 saturated carbocycles. The van der Waals surface area contributed by atoms with Crippen LogP contribution in [0.3, 0.4) is 0 Å². The fourth-order valence-electron chi connectivity index (χ4n) is 3.37. The van der Waals surface area contributed by atoms with Crippen LogP contribution in [-0.4, -0.2) is 48.6 Å². The first-order valence-electron chi connectivity index (χ1n) is 7.69. The first-order valence-corrected chi connectivity index (χ1v) is 7.69. The van der Waals surface area contributed by atoms with Crippen LogP contribution in [0, 0.1) is 5.92 Å². The van der Waals surface area contributed by atoms with E-state index >= 15 is 0 Å².